The van der Waals surface area contributed by atoms with Gasteiger partial charge in [-0.2, -0.15) is 13.2 Å². The van der Waals surface area contributed by atoms with Crippen molar-refractivity contribution < 1.29 is 13.2 Å². The second kappa shape index (κ2) is 6.36. The number of hydrogen-bond donors (Lipinski definition) is 1. The van der Waals surface area contributed by atoms with Crippen LogP contribution in [0.15, 0.2) is 0 Å². The molecule has 0 aliphatic heterocycles. The molecule has 0 amide bonds. The van der Waals surface area contributed by atoms with E-state index in [-0.39, 0.29) is 6.42 Å². The lowest BCUT2D eigenvalue weighted by Gasteiger charge is -2.21. The maximum atomic E-state index is 11.8. The van der Waals surface area contributed by atoms with Gasteiger partial charge in [-0.15, -0.1) is 0 Å². The Labute approximate surface area is 89.4 Å². The van der Waals surface area contributed by atoms with Crippen LogP contribution in [0.5, 0.6) is 0 Å². The van der Waals surface area contributed by atoms with Crippen LogP contribution in [0.25, 0.3) is 0 Å². The Balaban J connectivity index is 1.92. The number of rotatable bonds is 5. The van der Waals surface area contributed by atoms with Gasteiger partial charge >= 0.3 is 6.18 Å². The molecule has 0 aromatic rings. The summed E-state index contributed by atoms with van der Waals surface area (Å²) in [7, 11) is 0. The van der Waals surface area contributed by atoms with Crippen LogP contribution in [0.2, 0.25) is 0 Å². The average Bonchev–Trinajstić information content (AvgIpc) is 2.17. The molecular formula is C11H20F3N. The van der Waals surface area contributed by atoms with E-state index in [9.17, 15) is 13.2 Å². The van der Waals surface area contributed by atoms with E-state index in [0.29, 0.717) is 12.5 Å². The van der Waals surface area contributed by atoms with Crippen LogP contribution in [-0.4, -0.2) is 19.3 Å². The lowest BCUT2D eigenvalue weighted by molar-refractivity contribution is -0.135. The molecule has 1 saturated carbocycles. The minimum absolute atomic E-state index is 0.205. The van der Waals surface area contributed by atoms with E-state index >= 15 is 0 Å². The van der Waals surface area contributed by atoms with E-state index in [1.54, 1.807) is 0 Å². The summed E-state index contributed by atoms with van der Waals surface area (Å²) in [4.78, 5) is 0. The fraction of sp³-hybridized carbons (Fsp3) is 1.00. The van der Waals surface area contributed by atoms with E-state index < -0.39 is 12.6 Å². The third-order valence-electron chi connectivity index (χ3n) is 2.97. The first-order chi connectivity index (χ1) is 7.08. The first-order valence-electron chi connectivity index (χ1n) is 5.85. The van der Waals surface area contributed by atoms with Crippen LogP contribution >= 0.6 is 0 Å². The maximum Gasteiger partial charge on any atom is 0.389 e. The Morgan fingerprint density at radius 1 is 1.07 bits per heavy atom. The molecule has 0 heterocycles. The van der Waals surface area contributed by atoms with Gasteiger partial charge in [0.15, 0.2) is 0 Å². The van der Waals surface area contributed by atoms with E-state index in [2.05, 4.69) is 5.32 Å². The van der Waals surface area contributed by atoms with Crippen molar-refractivity contribution >= 4 is 0 Å². The molecule has 1 N–H and O–H groups in total. The van der Waals surface area contributed by atoms with E-state index in [1.165, 1.54) is 32.1 Å². The summed E-state index contributed by atoms with van der Waals surface area (Å²) in [5, 5.41) is 3.13. The van der Waals surface area contributed by atoms with Gasteiger partial charge in [-0.05, 0) is 38.3 Å². The Hall–Kier alpha value is -0.250. The quantitative estimate of drug-likeness (QED) is 0.703. The van der Waals surface area contributed by atoms with Gasteiger partial charge < -0.3 is 5.32 Å². The zero-order chi connectivity index (χ0) is 11.1. The van der Waals surface area contributed by atoms with Gasteiger partial charge in [0.2, 0.25) is 0 Å². The number of halogens is 3. The molecule has 0 atom stereocenters. The zero-order valence-corrected chi connectivity index (χ0v) is 9.08. The summed E-state index contributed by atoms with van der Waals surface area (Å²) in [6.45, 7) is 1.40. The van der Waals surface area contributed by atoms with Crippen molar-refractivity contribution in [1.82, 2.24) is 5.32 Å². The Kier molecular flexibility index (Phi) is 5.43. The summed E-state index contributed by atoms with van der Waals surface area (Å²) in [6.07, 6.45) is 1.93. The summed E-state index contributed by atoms with van der Waals surface area (Å²) in [5.74, 6) is 0.699. The lowest BCUT2D eigenvalue weighted by Crippen LogP contribution is -2.26. The van der Waals surface area contributed by atoms with Crippen LogP contribution < -0.4 is 5.32 Å². The van der Waals surface area contributed by atoms with Gasteiger partial charge in [0.05, 0.1) is 0 Å². The Bertz CT molecular complexity index is 162. The van der Waals surface area contributed by atoms with Crippen molar-refractivity contribution in [1.29, 1.82) is 0 Å². The van der Waals surface area contributed by atoms with Crippen LogP contribution in [0.3, 0.4) is 0 Å². The maximum absolute atomic E-state index is 11.8. The molecule has 15 heavy (non-hydrogen) atoms. The topological polar surface area (TPSA) is 12.0 Å². The van der Waals surface area contributed by atoms with Gasteiger partial charge in [-0.3, -0.25) is 0 Å². The van der Waals surface area contributed by atoms with Crippen molar-refractivity contribution in [3.8, 4) is 0 Å². The summed E-state index contributed by atoms with van der Waals surface area (Å²) < 4.78 is 35.4. The van der Waals surface area contributed by atoms with Crippen molar-refractivity contribution in [2.45, 2.75) is 51.1 Å². The minimum Gasteiger partial charge on any atom is -0.316 e. The molecule has 0 aromatic carbocycles. The molecule has 0 radical (unpaired) electrons. The molecule has 0 unspecified atom stereocenters. The van der Waals surface area contributed by atoms with Gasteiger partial charge in [0.1, 0.15) is 0 Å². The number of hydrogen-bond acceptors (Lipinski definition) is 1. The highest BCUT2D eigenvalue weighted by atomic mass is 19.4. The molecule has 0 bridgehead atoms. The van der Waals surface area contributed by atoms with E-state index in [4.69, 9.17) is 0 Å². The molecule has 90 valence electrons. The van der Waals surface area contributed by atoms with Crippen LogP contribution in [0.1, 0.15) is 44.9 Å². The minimum atomic E-state index is -3.99. The molecular weight excluding hydrogens is 203 g/mol. The molecule has 0 saturated heterocycles. The van der Waals surface area contributed by atoms with Gasteiger partial charge in [0, 0.05) is 6.42 Å². The van der Waals surface area contributed by atoms with Gasteiger partial charge in [0.25, 0.3) is 0 Å². The van der Waals surface area contributed by atoms with Crippen LogP contribution in [-0.2, 0) is 0 Å². The SMILES string of the molecule is FC(F)(F)CCCNCC1CCCCC1. The Morgan fingerprint density at radius 3 is 2.33 bits per heavy atom. The number of nitrogens with one attached hydrogen (secondary N) is 1. The van der Waals surface area contributed by atoms with E-state index in [1.807, 2.05) is 0 Å². The molecule has 0 aromatic heterocycles. The first-order valence-corrected chi connectivity index (χ1v) is 5.85. The molecule has 1 aliphatic rings. The second-order valence-corrected chi connectivity index (χ2v) is 4.43. The molecule has 4 heteroatoms. The highest BCUT2D eigenvalue weighted by Gasteiger charge is 2.25. The highest BCUT2D eigenvalue weighted by Crippen LogP contribution is 2.23. The third kappa shape index (κ3) is 6.77. The van der Waals surface area contributed by atoms with Crippen LogP contribution in [0, 0.1) is 5.92 Å². The molecule has 1 nitrogen and oxygen atoms in total. The standard InChI is InChI=1S/C11H20F3N/c12-11(13,14)7-4-8-15-9-10-5-2-1-3-6-10/h10,15H,1-9H2. The molecule has 1 rings (SSSR count). The molecule has 0 spiro atoms. The number of alkyl halides is 3. The fourth-order valence-electron chi connectivity index (χ4n) is 2.11. The molecule has 1 aliphatic carbocycles. The molecule has 1 fully saturated rings. The lowest BCUT2D eigenvalue weighted by atomic mass is 9.89. The highest BCUT2D eigenvalue weighted by molar-refractivity contribution is 4.68. The summed E-state index contributed by atoms with van der Waals surface area (Å²) in [6, 6.07) is 0. The largest absolute Gasteiger partial charge is 0.389 e. The monoisotopic (exact) mass is 223 g/mol. The fourth-order valence-corrected chi connectivity index (χ4v) is 2.11. The Morgan fingerprint density at radius 2 is 1.73 bits per heavy atom. The third-order valence-corrected chi connectivity index (χ3v) is 2.97. The smallest absolute Gasteiger partial charge is 0.316 e. The van der Waals surface area contributed by atoms with Gasteiger partial charge in [-0.25, -0.2) is 0 Å². The normalized spacial score (nSPS) is 19.4. The van der Waals surface area contributed by atoms with Gasteiger partial charge in [-0.1, -0.05) is 19.3 Å². The second-order valence-electron chi connectivity index (χ2n) is 4.43. The summed E-state index contributed by atoms with van der Waals surface area (Å²) >= 11 is 0. The first kappa shape index (κ1) is 12.8. The zero-order valence-electron chi connectivity index (χ0n) is 9.08. The van der Waals surface area contributed by atoms with Crippen molar-refractivity contribution in [2.24, 2.45) is 5.92 Å². The predicted molar refractivity (Wildman–Crippen MR) is 54.7 cm³/mol. The average molecular weight is 223 g/mol. The van der Waals surface area contributed by atoms with E-state index in [0.717, 1.165) is 6.54 Å². The van der Waals surface area contributed by atoms with Crippen molar-refractivity contribution in [2.75, 3.05) is 13.1 Å². The van der Waals surface area contributed by atoms with Crippen molar-refractivity contribution in [3.63, 3.8) is 0 Å². The summed E-state index contributed by atoms with van der Waals surface area (Å²) in [5.41, 5.74) is 0. The predicted octanol–water partition coefficient (Wildman–Crippen LogP) is 3.50. The van der Waals surface area contributed by atoms with Crippen LogP contribution in [0.4, 0.5) is 13.2 Å². The van der Waals surface area contributed by atoms with Crippen molar-refractivity contribution in [3.05, 3.63) is 0 Å².